The minimum atomic E-state index is -0.697. The number of imidazole rings is 1. The molecule has 0 unspecified atom stereocenters. The minimum absolute atomic E-state index is 0.0367. The van der Waals surface area contributed by atoms with E-state index in [0.717, 1.165) is 43.1 Å². The van der Waals surface area contributed by atoms with Crippen LogP contribution in [-0.4, -0.2) is 21.6 Å². The van der Waals surface area contributed by atoms with Crippen LogP contribution in [0, 0.1) is 11.6 Å². The highest BCUT2D eigenvalue weighted by atomic mass is 19.1. The number of fused-ring (bicyclic) bond motifs is 1. The zero-order chi connectivity index (χ0) is 13.4. The molecule has 0 spiro atoms. The summed E-state index contributed by atoms with van der Waals surface area (Å²) in [4.78, 5) is 8.30. The first kappa shape index (κ1) is 12.1. The largest absolute Gasteiger partial charge is 0.371 e. The summed E-state index contributed by atoms with van der Waals surface area (Å²) in [5, 5.41) is 2.62. The minimum Gasteiger partial charge on any atom is -0.371 e. The zero-order valence-corrected chi connectivity index (χ0v) is 10.6. The van der Waals surface area contributed by atoms with Gasteiger partial charge in [-0.15, -0.1) is 0 Å². The van der Waals surface area contributed by atoms with E-state index in [1.807, 2.05) is 0 Å². The molecule has 0 fully saturated rings. The van der Waals surface area contributed by atoms with Crippen molar-refractivity contribution < 1.29 is 8.78 Å². The fourth-order valence-corrected chi connectivity index (χ4v) is 2.45. The van der Waals surface area contributed by atoms with E-state index >= 15 is 0 Å². The molecular weight excluding hydrogens is 250 g/mol. The van der Waals surface area contributed by atoms with Crippen molar-refractivity contribution in [2.24, 2.45) is 0 Å². The molecule has 0 aliphatic heterocycles. The SMILES string of the molecule is CNc1nc(-n2cnc3c2CCCC3)c(F)cc1F. The van der Waals surface area contributed by atoms with Crippen LogP contribution >= 0.6 is 0 Å². The molecule has 19 heavy (non-hydrogen) atoms. The second kappa shape index (κ2) is 4.60. The smallest absolute Gasteiger partial charge is 0.176 e. The van der Waals surface area contributed by atoms with E-state index < -0.39 is 11.6 Å². The summed E-state index contributed by atoms with van der Waals surface area (Å²) >= 11 is 0. The van der Waals surface area contributed by atoms with E-state index in [1.165, 1.54) is 0 Å². The summed E-state index contributed by atoms with van der Waals surface area (Å²) in [5.41, 5.74) is 1.97. The predicted octanol–water partition coefficient (Wildman–Crippen LogP) is 2.47. The van der Waals surface area contributed by atoms with Gasteiger partial charge in [-0.05, 0) is 25.7 Å². The molecule has 1 N–H and O–H groups in total. The van der Waals surface area contributed by atoms with Crippen molar-refractivity contribution >= 4 is 5.82 Å². The lowest BCUT2D eigenvalue weighted by molar-refractivity contribution is 0.564. The number of hydrogen-bond acceptors (Lipinski definition) is 3. The lowest BCUT2D eigenvalue weighted by Gasteiger charge is -2.14. The molecule has 4 nitrogen and oxygen atoms in total. The quantitative estimate of drug-likeness (QED) is 0.906. The van der Waals surface area contributed by atoms with Gasteiger partial charge in [-0.3, -0.25) is 4.57 Å². The predicted molar refractivity (Wildman–Crippen MR) is 67.5 cm³/mol. The summed E-state index contributed by atoms with van der Waals surface area (Å²) < 4.78 is 29.0. The molecule has 0 atom stereocenters. The molecule has 0 bridgehead atoms. The van der Waals surface area contributed by atoms with Gasteiger partial charge in [0.25, 0.3) is 0 Å². The van der Waals surface area contributed by atoms with E-state index in [2.05, 4.69) is 15.3 Å². The van der Waals surface area contributed by atoms with Gasteiger partial charge < -0.3 is 5.32 Å². The van der Waals surface area contributed by atoms with Crippen LogP contribution in [0.4, 0.5) is 14.6 Å². The van der Waals surface area contributed by atoms with Crippen LogP contribution in [0.5, 0.6) is 0 Å². The topological polar surface area (TPSA) is 42.7 Å². The van der Waals surface area contributed by atoms with E-state index in [1.54, 1.807) is 17.9 Å². The van der Waals surface area contributed by atoms with Crippen LogP contribution in [0.15, 0.2) is 12.4 Å². The number of hydrogen-bond donors (Lipinski definition) is 1. The third-order valence-electron chi connectivity index (χ3n) is 3.41. The van der Waals surface area contributed by atoms with Gasteiger partial charge in [0.2, 0.25) is 0 Å². The Morgan fingerprint density at radius 1 is 1.21 bits per heavy atom. The zero-order valence-electron chi connectivity index (χ0n) is 10.6. The van der Waals surface area contributed by atoms with Crippen molar-refractivity contribution in [3.8, 4) is 5.82 Å². The van der Waals surface area contributed by atoms with Crippen molar-refractivity contribution in [1.82, 2.24) is 14.5 Å². The third-order valence-corrected chi connectivity index (χ3v) is 3.41. The van der Waals surface area contributed by atoms with Gasteiger partial charge in [0.15, 0.2) is 23.3 Å². The van der Waals surface area contributed by atoms with E-state index in [4.69, 9.17) is 0 Å². The van der Waals surface area contributed by atoms with Crippen LogP contribution in [0.2, 0.25) is 0 Å². The van der Waals surface area contributed by atoms with E-state index in [-0.39, 0.29) is 11.6 Å². The molecule has 2 aromatic rings. The maximum Gasteiger partial charge on any atom is 0.176 e. The van der Waals surface area contributed by atoms with Crippen molar-refractivity contribution in [3.63, 3.8) is 0 Å². The molecule has 0 radical (unpaired) electrons. The van der Waals surface area contributed by atoms with Gasteiger partial charge in [-0.2, -0.15) is 0 Å². The van der Waals surface area contributed by atoms with Crippen LogP contribution in [0.25, 0.3) is 5.82 Å². The Hall–Kier alpha value is -1.98. The molecule has 1 aliphatic carbocycles. The third kappa shape index (κ3) is 1.97. The first-order valence-electron chi connectivity index (χ1n) is 6.30. The first-order chi connectivity index (χ1) is 9.20. The van der Waals surface area contributed by atoms with Gasteiger partial charge >= 0.3 is 0 Å². The summed E-state index contributed by atoms with van der Waals surface area (Å²) in [6.45, 7) is 0. The Morgan fingerprint density at radius 3 is 2.79 bits per heavy atom. The van der Waals surface area contributed by atoms with Gasteiger partial charge in [-0.1, -0.05) is 0 Å². The normalized spacial score (nSPS) is 14.3. The fourth-order valence-electron chi connectivity index (χ4n) is 2.45. The molecule has 0 saturated carbocycles. The molecule has 0 aromatic carbocycles. The van der Waals surface area contributed by atoms with Crippen LogP contribution < -0.4 is 5.32 Å². The molecule has 3 rings (SSSR count). The number of rotatable bonds is 2. The molecule has 6 heteroatoms. The number of nitrogens with zero attached hydrogens (tertiary/aromatic N) is 3. The Bertz CT molecular complexity index is 621. The Kier molecular flexibility index (Phi) is 2.93. The summed E-state index contributed by atoms with van der Waals surface area (Å²) in [6, 6.07) is 0.851. The van der Waals surface area contributed by atoms with Gasteiger partial charge in [0.1, 0.15) is 6.33 Å². The highest BCUT2D eigenvalue weighted by Gasteiger charge is 2.20. The van der Waals surface area contributed by atoms with Crippen molar-refractivity contribution in [2.75, 3.05) is 12.4 Å². The Morgan fingerprint density at radius 2 is 2.00 bits per heavy atom. The van der Waals surface area contributed by atoms with Crippen molar-refractivity contribution in [1.29, 1.82) is 0 Å². The van der Waals surface area contributed by atoms with Crippen LogP contribution in [0.3, 0.4) is 0 Å². The number of halogens is 2. The lowest BCUT2D eigenvalue weighted by atomic mass is 10.0. The molecule has 0 saturated heterocycles. The average Bonchev–Trinajstić information content (AvgIpc) is 2.83. The number of aryl methyl sites for hydroxylation is 1. The summed E-state index contributed by atoms with van der Waals surface area (Å²) in [5.74, 6) is -1.24. The maximum atomic E-state index is 13.9. The first-order valence-corrected chi connectivity index (χ1v) is 6.30. The van der Waals surface area contributed by atoms with Crippen LogP contribution in [0.1, 0.15) is 24.2 Å². The highest BCUT2D eigenvalue weighted by molar-refractivity contribution is 5.43. The maximum absolute atomic E-state index is 13.9. The van der Waals surface area contributed by atoms with Gasteiger partial charge in [-0.25, -0.2) is 18.7 Å². The number of pyridine rings is 1. The van der Waals surface area contributed by atoms with Crippen LogP contribution in [-0.2, 0) is 12.8 Å². The van der Waals surface area contributed by atoms with Gasteiger partial charge in [0, 0.05) is 18.8 Å². The lowest BCUT2D eigenvalue weighted by Crippen LogP contribution is -2.11. The second-order valence-electron chi connectivity index (χ2n) is 4.59. The molecular formula is C13H14F2N4. The van der Waals surface area contributed by atoms with E-state index in [0.29, 0.717) is 0 Å². The summed E-state index contributed by atoms with van der Waals surface area (Å²) in [7, 11) is 1.55. The molecule has 2 heterocycles. The van der Waals surface area contributed by atoms with Crippen molar-refractivity contribution in [2.45, 2.75) is 25.7 Å². The Labute approximate surface area is 109 Å². The monoisotopic (exact) mass is 264 g/mol. The highest BCUT2D eigenvalue weighted by Crippen LogP contribution is 2.25. The van der Waals surface area contributed by atoms with Gasteiger partial charge in [0.05, 0.1) is 5.69 Å². The number of nitrogens with one attached hydrogen (secondary N) is 1. The van der Waals surface area contributed by atoms with Crippen molar-refractivity contribution in [3.05, 3.63) is 35.4 Å². The molecule has 1 aliphatic rings. The number of anilines is 1. The van der Waals surface area contributed by atoms with E-state index in [9.17, 15) is 8.78 Å². The molecule has 2 aromatic heterocycles. The molecule has 0 amide bonds. The fraction of sp³-hybridized carbons (Fsp3) is 0.385. The Balaban J connectivity index is 2.14. The second-order valence-corrected chi connectivity index (χ2v) is 4.59. The standard InChI is InChI=1S/C13H14F2N4/c1-16-12-8(14)6-9(15)13(18-12)19-7-17-10-4-2-3-5-11(10)19/h6-7H,2-5H2,1H3,(H,16,18). The molecule has 100 valence electrons. The average molecular weight is 264 g/mol. The number of aromatic nitrogens is 3. The summed E-state index contributed by atoms with van der Waals surface area (Å²) in [6.07, 6.45) is 5.48.